The molecule has 0 saturated heterocycles. The lowest BCUT2D eigenvalue weighted by Crippen LogP contribution is -2.27. The zero-order valence-electron chi connectivity index (χ0n) is 9.28. The molecule has 16 heavy (non-hydrogen) atoms. The molecule has 1 aliphatic rings. The molecule has 1 aromatic rings. The number of carbonyl (C=O) groups excluding carboxylic acids is 1. The van der Waals surface area contributed by atoms with E-state index in [0.29, 0.717) is 6.42 Å². The Labute approximate surface area is 95.5 Å². The van der Waals surface area contributed by atoms with Crippen molar-refractivity contribution in [3.8, 4) is 0 Å². The van der Waals surface area contributed by atoms with Gasteiger partial charge in [-0.15, -0.1) is 0 Å². The highest BCUT2D eigenvalue weighted by molar-refractivity contribution is 5.92. The van der Waals surface area contributed by atoms with Crippen LogP contribution in [0.2, 0.25) is 0 Å². The van der Waals surface area contributed by atoms with Gasteiger partial charge in [0.05, 0.1) is 0 Å². The third kappa shape index (κ3) is 2.61. The van der Waals surface area contributed by atoms with Crippen molar-refractivity contribution in [2.75, 3.05) is 11.9 Å². The predicted molar refractivity (Wildman–Crippen MR) is 63.2 cm³/mol. The fraction of sp³-hybridized carbons (Fsp3) is 0.462. The first-order chi connectivity index (χ1) is 7.79. The Morgan fingerprint density at radius 2 is 2.00 bits per heavy atom. The molecule has 0 aromatic heterocycles. The number of aliphatic hydroxyl groups is 1. The zero-order chi connectivity index (χ0) is 11.4. The number of aliphatic hydroxyl groups excluding tert-OH is 1. The van der Waals surface area contributed by atoms with Crippen molar-refractivity contribution in [2.24, 2.45) is 5.92 Å². The van der Waals surface area contributed by atoms with Gasteiger partial charge in [0, 0.05) is 18.2 Å². The number of carbonyl (C=O) groups is 1. The number of hydrogen-bond acceptors (Lipinski definition) is 2. The molecule has 1 fully saturated rings. The van der Waals surface area contributed by atoms with E-state index in [1.165, 1.54) is 6.42 Å². The van der Waals surface area contributed by atoms with Gasteiger partial charge in [0.2, 0.25) is 5.91 Å². The van der Waals surface area contributed by atoms with Gasteiger partial charge in [-0.25, -0.2) is 0 Å². The highest BCUT2D eigenvalue weighted by Crippen LogP contribution is 2.27. The van der Waals surface area contributed by atoms with E-state index in [0.717, 1.165) is 24.1 Å². The summed E-state index contributed by atoms with van der Waals surface area (Å²) in [6.07, 6.45) is 3.88. The molecule has 1 aliphatic carbocycles. The maximum atomic E-state index is 11.7. The van der Waals surface area contributed by atoms with E-state index in [9.17, 15) is 4.79 Å². The smallest absolute Gasteiger partial charge is 0.227 e. The molecule has 0 aliphatic heterocycles. The van der Waals surface area contributed by atoms with Gasteiger partial charge in [-0.2, -0.15) is 0 Å². The van der Waals surface area contributed by atoms with Gasteiger partial charge in [-0.05, 0) is 37.0 Å². The van der Waals surface area contributed by atoms with Crippen molar-refractivity contribution in [3.05, 3.63) is 29.8 Å². The summed E-state index contributed by atoms with van der Waals surface area (Å²) in [5.74, 6) is 0.360. The van der Waals surface area contributed by atoms with Crippen molar-refractivity contribution in [1.29, 1.82) is 0 Å². The lowest BCUT2D eigenvalue weighted by atomic mass is 9.85. The summed E-state index contributed by atoms with van der Waals surface area (Å²) < 4.78 is 0. The van der Waals surface area contributed by atoms with Crippen LogP contribution < -0.4 is 5.32 Å². The Kier molecular flexibility index (Phi) is 3.57. The summed E-state index contributed by atoms with van der Waals surface area (Å²) in [6, 6.07) is 7.66. The maximum absolute atomic E-state index is 11.7. The van der Waals surface area contributed by atoms with E-state index in [-0.39, 0.29) is 18.4 Å². The van der Waals surface area contributed by atoms with Crippen LogP contribution in [0.4, 0.5) is 5.69 Å². The Morgan fingerprint density at radius 3 is 2.50 bits per heavy atom. The maximum Gasteiger partial charge on any atom is 0.227 e. The van der Waals surface area contributed by atoms with Crippen LogP contribution in [0.1, 0.15) is 24.8 Å². The number of hydrogen-bond donors (Lipinski definition) is 2. The van der Waals surface area contributed by atoms with Crippen molar-refractivity contribution in [3.63, 3.8) is 0 Å². The monoisotopic (exact) mass is 219 g/mol. The standard InChI is InChI=1S/C13H17NO2/c15-9-8-10-4-6-12(7-5-10)14-13(16)11-2-1-3-11/h4-7,11,15H,1-3,8-9H2,(H,14,16). The fourth-order valence-electron chi connectivity index (χ4n) is 1.80. The SMILES string of the molecule is O=C(Nc1ccc(CCO)cc1)C1CCC1. The van der Waals surface area contributed by atoms with Gasteiger partial charge in [-0.1, -0.05) is 18.6 Å². The van der Waals surface area contributed by atoms with Crippen LogP contribution in [0.3, 0.4) is 0 Å². The minimum atomic E-state index is 0.140. The number of rotatable bonds is 4. The van der Waals surface area contributed by atoms with Crippen LogP contribution in [0.25, 0.3) is 0 Å². The summed E-state index contributed by atoms with van der Waals surface area (Å²) in [4.78, 5) is 11.7. The summed E-state index contributed by atoms with van der Waals surface area (Å²) in [5.41, 5.74) is 1.93. The number of nitrogens with one attached hydrogen (secondary N) is 1. The lowest BCUT2D eigenvalue weighted by Gasteiger charge is -2.24. The molecule has 0 spiro atoms. The summed E-state index contributed by atoms with van der Waals surface area (Å²) in [6.45, 7) is 0.160. The molecule has 0 bridgehead atoms. The molecule has 1 amide bonds. The minimum Gasteiger partial charge on any atom is -0.396 e. The minimum absolute atomic E-state index is 0.140. The number of benzene rings is 1. The van der Waals surface area contributed by atoms with E-state index < -0.39 is 0 Å². The van der Waals surface area contributed by atoms with Crippen LogP contribution in [0, 0.1) is 5.92 Å². The molecule has 1 saturated carbocycles. The topological polar surface area (TPSA) is 49.3 Å². The predicted octanol–water partition coefficient (Wildman–Crippen LogP) is 1.96. The Hall–Kier alpha value is -1.35. The first-order valence-corrected chi connectivity index (χ1v) is 5.80. The lowest BCUT2D eigenvalue weighted by molar-refractivity contribution is -0.122. The van der Waals surface area contributed by atoms with Crippen LogP contribution in [0.5, 0.6) is 0 Å². The Balaban J connectivity index is 1.91. The average Bonchev–Trinajstić information content (AvgIpc) is 2.18. The molecule has 0 heterocycles. The third-order valence-electron chi connectivity index (χ3n) is 3.10. The third-order valence-corrected chi connectivity index (χ3v) is 3.10. The number of anilines is 1. The van der Waals surface area contributed by atoms with E-state index >= 15 is 0 Å². The van der Waals surface area contributed by atoms with E-state index in [1.807, 2.05) is 24.3 Å². The first kappa shape index (κ1) is 11.1. The van der Waals surface area contributed by atoms with Gasteiger partial charge >= 0.3 is 0 Å². The van der Waals surface area contributed by atoms with Crippen molar-refractivity contribution in [2.45, 2.75) is 25.7 Å². The average molecular weight is 219 g/mol. The molecule has 86 valence electrons. The molecule has 0 radical (unpaired) electrons. The van der Waals surface area contributed by atoms with E-state index in [1.54, 1.807) is 0 Å². The van der Waals surface area contributed by atoms with Crippen molar-refractivity contribution >= 4 is 11.6 Å². The second-order valence-corrected chi connectivity index (χ2v) is 4.29. The zero-order valence-corrected chi connectivity index (χ0v) is 9.28. The molecular weight excluding hydrogens is 202 g/mol. The van der Waals surface area contributed by atoms with Crippen LogP contribution in [0.15, 0.2) is 24.3 Å². The van der Waals surface area contributed by atoms with Crippen LogP contribution in [-0.4, -0.2) is 17.6 Å². The summed E-state index contributed by atoms with van der Waals surface area (Å²) >= 11 is 0. The number of amides is 1. The largest absolute Gasteiger partial charge is 0.396 e. The molecule has 3 nitrogen and oxygen atoms in total. The molecule has 2 N–H and O–H groups in total. The van der Waals surface area contributed by atoms with Crippen LogP contribution >= 0.6 is 0 Å². The quantitative estimate of drug-likeness (QED) is 0.813. The van der Waals surface area contributed by atoms with Crippen LogP contribution in [-0.2, 0) is 11.2 Å². The molecule has 0 unspecified atom stereocenters. The second kappa shape index (κ2) is 5.12. The van der Waals surface area contributed by atoms with Gasteiger partial charge in [0.15, 0.2) is 0 Å². The van der Waals surface area contributed by atoms with Gasteiger partial charge in [0.25, 0.3) is 0 Å². The molecule has 2 rings (SSSR count). The fourth-order valence-corrected chi connectivity index (χ4v) is 1.80. The first-order valence-electron chi connectivity index (χ1n) is 5.80. The highest BCUT2D eigenvalue weighted by atomic mass is 16.2. The normalized spacial score (nSPS) is 15.6. The molecule has 3 heteroatoms. The molecule has 0 atom stereocenters. The van der Waals surface area contributed by atoms with Crippen molar-refractivity contribution < 1.29 is 9.90 Å². The highest BCUT2D eigenvalue weighted by Gasteiger charge is 2.24. The van der Waals surface area contributed by atoms with Gasteiger partial charge in [0.1, 0.15) is 0 Å². The van der Waals surface area contributed by atoms with E-state index in [2.05, 4.69) is 5.32 Å². The molecule has 1 aromatic carbocycles. The van der Waals surface area contributed by atoms with Crippen molar-refractivity contribution in [1.82, 2.24) is 0 Å². The second-order valence-electron chi connectivity index (χ2n) is 4.29. The van der Waals surface area contributed by atoms with Gasteiger partial charge in [-0.3, -0.25) is 4.79 Å². The Bertz CT molecular complexity index is 355. The van der Waals surface area contributed by atoms with Gasteiger partial charge < -0.3 is 10.4 Å². The summed E-state index contributed by atoms with van der Waals surface area (Å²) in [7, 11) is 0. The summed E-state index contributed by atoms with van der Waals surface area (Å²) in [5, 5.41) is 11.7. The Morgan fingerprint density at radius 1 is 1.31 bits per heavy atom. The molecular formula is C13H17NO2. The van der Waals surface area contributed by atoms with E-state index in [4.69, 9.17) is 5.11 Å².